The maximum atomic E-state index is 11.5. The maximum absolute atomic E-state index is 11.5. The summed E-state index contributed by atoms with van der Waals surface area (Å²) in [7, 11) is 0. The summed E-state index contributed by atoms with van der Waals surface area (Å²) in [6, 6.07) is 38.5. The smallest absolute Gasteiger partial charge is 0.341 e. The number of aromatic nitrogens is 2. The van der Waals surface area contributed by atoms with Gasteiger partial charge in [0.25, 0.3) is 0 Å². The van der Waals surface area contributed by atoms with Gasteiger partial charge < -0.3 is 38.6 Å². The van der Waals surface area contributed by atoms with Crippen molar-refractivity contribution in [2.24, 2.45) is 0 Å². The molecule has 2 heterocycles. The number of aliphatic carboxylic acids is 2. The van der Waals surface area contributed by atoms with E-state index in [-0.39, 0.29) is 5.78 Å². The minimum Gasteiger partial charge on any atom is -0.482 e. The van der Waals surface area contributed by atoms with Gasteiger partial charge in [-0.25, -0.2) is 19.6 Å². The lowest BCUT2D eigenvalue weighted by Gasteiger charge is -2.20. The quantitative estimate of drug-likeness (QED) is 0.0649. The summed E-state index contributed by atoms with van der Waals surface area (Å²) in [6.07, 6.45) is -0.898. The molecule has 14 nitrogen and oxygen atoms in total. The Morgan fingerprint density at radius 2 is 1.05 bits per heavy atom. The van der Waals surface area contributed by atoms with E-state index in [4.69, 9.17) is 53.9 Å². The van der Waals surface area contributed by atoms with Crippen LogP contribution in [-0.2, 0) is 19.1 Å². The first-order chi connectivity index (χ1) is 31.4. The molecule has 0 aliphatic carbocycles. The van der Waals surface area contributed by atoms with E-state index in [1.165, 1.54) is 6.92 Å². The molecule has 2 atom stereocenters. The van der Waals surface area contributed by atoms with Crippen LogP contribution in [0.15, 0.2) is 121 Å². The van der Waals surface area contributed by atoms with Gasteiger partial charge in [-0.1, -0.05) is 48.5 Å². The molecule has 0 saturated heterocycles. The summed E-state index contributed by atoms with van der Waals surface area (Å²) in [4.78, 5) is 42.6. The number of rotatable bonds is 21. The standard InChI is InChI=1S/C26H27NO6.C25H24N2O5/c1-4-31-15-25(33-21-12-13-24(17(2)14-21)32-16-26(29)30)23-7-5-6-22(27-23)20-10-8-19(9-11-20)18(3)28;1-3-30-15-24(32-20-11-12-23(17(2)13-20)31-16-25(28)29)22-6-4-5-21(27-22)19-9-7-18(14-26)8-10-19/h5-14,25H,4,15-16H2,1-3H3,(H,29,30);4-13,24H,3,15-16H2,1-2H3,(H,28,29)/t25-;24-/m00/s1. The Morgan fingerprint density at radius 1 is 0.615 bits per heavy atom. The van der Waals surface area contributed by atoms with Gasteiger partial charge in [-0.2, -0.15) is 5.26 Å². The van der Waals surface area contributed by atoms with Crippen LogP contribution in [0.25, 0.3) is 22.5 Å². The van der Waals surface area contributed by atoms with Crippen molar-refractivity contribution in [2.75, 3.05) is 39.6 Å². The fraction of sp³-hybridized carbons (Fsp3) is 0.255. The van der Waals surface area contributed by atoms with Crippen molar-refractivity contribution in [3.05, 3.63) is 155 Å². The molecule has 0 spiro atoms. The number of carboxylic acid groups (broad SMARTS) is 2. The lowest BCUT2D eigenvalue weighted by molar-refractivity contribution is -0.140. The van der Waals surface area contributed by atoms with Gasteiger partial charge in [0, 0.05) is 29.9 Å². The molecular formula is C51H51N3O11. The van der Waals surface area contributed by atoms with E-state index in [9.17, 15) is 14.4 Å². The number of benzene rings is 4. The number of carbonyl (C=O) groups is 3. The SMILES string of the molecule is CCOC[C@H](Oc1ccc(OCC(=O)O)c(C)c1)c1cccc(-c2ccc(C#N)cc2)n1.CCOC[C@H](Oc1ccc(OCC(=O)O)c(C)c1)c1cccc(-c2ccc(C(C)=O)cc2)n1. The highest BCUT2D eigenvalue weighted by molar-refractivity contribution is 5.94. The van der Waals surface area contributed by atoms with Crippen LogP contribution in [0.5, 0.6) is 23.0 Å². The molecule has 2 aromatic heterocycles. The van der Waals surface area contributed by atoms with Gasteiger partial charge >= 0.3 is 11.9 Å². The fourth-order valence-electron chi connectivity index (χ4n) is 6.31. The van der Waals surface area contributed by atoms with Crippen molar-refractivity contribution < 1.29 is 53.0 Å². The van der Waals surface area contributed by atoms with E-state index in [0.717, 1.165) is 33.6 Å². The Morgan fingerprint density at radius 3 is 1.42 bits per heavy atom. The molecule has 0 bridgehead atoms. The molecule has 14 heteroatoms. The number of nitriles is 1. The third-order valence-corrected chi connectivity index (χ3v) is 9.60. The summed E-state index contributed by atoms with van der Waals surface area (Å²) in [5.41, 5.74) is 7.52. The first kappa shape index (κ1) is 48.4. The summed E-state index contributed by atoms with van der Waals surface area (Å²) in [5, 5.41) is 26.6. The van der Waals surface area contributed by atoms with Crippen LogP contribution in [-0.4, -0.2) is 77.5 Å². The molecule has 2 N–H and O–H groups in total. The second kappa shape index (κ2) is 24.3. The van der Waals surface area contributed by atoms with Gasteiger partial charge in [0.2, 0.25) is 0 Å². The van der Waals surface area contributed by atoms with Gasteiger partial charge in [-0.05, 0) is 119 Å². The summed E-state index contributed by atoms with van der Waals surface area (Å²) < 4.78 is 34.2. The van der Waals surface area contributed by atoms with Gasteiger partial charge in [0.15, 0.2) is 31.2 Å². The highest BCUT2D eigenvalue weighted by atomic mass is 16.5. The molecule has 4 aromatic carbocycles. The predicted octanol–water partition coefficient (Wildman–Crippen LogP) is 9.43. The molecule has 6 rings (SSSR count). The van der Waals surface area contributed by atoms with E-state index in [0.29, 0.717) is 71.9 Å². The Kier molecular flexibility index (Phi) is 18.1. The molecule has 0 unspecified atom stereocenters. The highest BCUT2D eigenvalue weighted by Gasteiger charge is 2.19. The number of hydrogen-bond donors (Lipinski definition) is 2. The zero-order valence-electron chi connectivity index (χ0n) is 36.9. The van der Waals surface area contributed by atoms with Gasteiger partial charge in [-0.15, -0.1) is 0 Å². The van der Waals surface area contributed by atoms with E-state index >= 15 is 0 Å². The second-order valence-electron chi connectivity index (χ2n) is 14.5. The van der Waals surface area contributed by atoms with Crippen LogP contribution in [0.1, 0.15) is 71.4 Å². The minimum absolute atomic E-state index is 0.0168. The minimum atomic E-state index is -1.03. The summed E-state index contributed by atoms with van der Waals surface area (Å²) in [5.74, 6) is 0.117. The Labute approximate surface area is 378 Å². The van der Waals surface area contributed by atoms with Crippen molar-refractivity contribution in [1.82, 2.24) is 9.97 Å². The summed E-state index contributed by atoms with van der Waals surface area (Å²) >= 11 is 0. The number of ketones is 1. The molecule has 0 fully saturated rings. The number of carboxylic acids is 2. The molecule has 0 radical (unpaired) electrons. The monoisotopic (exact) mass is 881 g/mol. The van der Waals surface area contributed by atoms with Crippen LogP contribution in [0.4, 0.5) is 0 Å². The van der Waals surface area contributed by atoms with Crippen LogP contribution >= 0.6 is 0 Å². The van der Waals surface area contributed by atoms with Crippen molar-refractivity contribution in [3.8, 4) is 51.6 Å². The molecule has 0 aliphatic rings. The highest BCUT2D eigenvalue weighted by Crippen LogP contribution is 2.30. The number of pyridine rings is 2. The second-order valence-corrected chi connectivity index (χ2v) is 14.5. The van der Waals surface area contributed by atoms with Crippen LogP contribution in [0.3, 0.4) is 0 Å². The normalized spacial score (nSPS) is 11.5. The fourth-order valence-corrected chi connectivity index (χ4v) is 6.31. The van der Waals surface area contributed by atoms with Crippen LogP contribution in [0, 0.1) is 25.2 Å². The van der Waals surface area contributed by atoms with E-state index < -0.39 is 37.4 Å². The topological polar surface area (TPSA) is 197 Å². The Hall–Kier alpha value is -7.60. The van der Waals surface area contributed by atoms with Gasteiger partial charge in [-0.3, -0.25) is 4.79 Å². The number of aryl methyl sites for hydroxylation is 2. The largest absolute Gasteiger partial charge is 0.482 e. The van der Waals surface area contributed by atoms with Gasteiger partial charge in [0.1, 0.15) is 23.0 Å². The number of nitrogens with zero attached hydrogens (tertiary/aromatic N) is 3. The predicted molar refractivity (Wildman–Crippen MR) is 242 cm³/mol. The lowest BCUT2D eigenvalue weighted by Crippen LogP contribution is -2.16. The van der Waals surface area contributed by atoms with Crippen molar-refractivity contribution in [1.29, 1.82) is 5.26 Å². The van der Waals surface area contributed by atoms with Crippen molar-refractivity contribution in [2.45, 2.75) is 46.8 Å². The number of hydrogen-bond acceptors (Lipinski definition) is 12. The van der Waals surface area contributed by atoms with Crippen molar-refractivity contribution in [3.63, 3.8) is 0 Å². The zero-order valence-corrected chi connectivity index (χ0v) is 36.9. The number of Topliss-reactive ketones (excluding diaryl/α,β-unsaturated/α-hetero) is 1. The molecule has 0 amide bonds. The number of carbonyl (C=O) groups excluding carboxylic acids is 1. The number of ether oxygens (including phenoxy) is 6. The molecular weight excluding hydrogens is 831 g/mol. The van der Waals surface area contributed by atoms with E-state index in [2.05, 4.69) is 6.07 Å². The van der Waals surface area contributed by atoms with E-state index in [1.807, 2.05) is 88.4 Å². The lowest BCUT2D eigenvalue weighted by atomic mass is 10.1. The van der Waals surface area contributed by atoms with Crippen molar-refractivity contribution >= 4 is 17.7 Å². The van der Waals surface area contributed by atoms with Crippen LogP contribution in [0.2, 0.25) is 0 Å². The summed E-state index contributed by atoms with van der Waals surface area (Å²) in [6.45, 7) is 9.91. The third-order valence-electron chi connectivity index (χ3n) is 9.60. The van der Waals surface area contributed by atoms with E-state index in [1.54, 1.807) is 60.7 Å². The Bertz CT molecular complexity index is 2570. The average molecular weight is 882 g/mol. The molecule has 336 valence electrons. The first-order valence-electron chi connectivity index (χ1n) is 20.8. The molecule has 6 aromatic rings. The van der Waals surface area contributed by atoms with Crippen LogP contribution < -0.4 is 18.9 Å². The van der Waals surface area contributed by atoms with Gasteiger partial charge in [0.05, 0.1) is 47.6 Å². The molecule has 0 aliphatic heterocycles. The maximum Gasteiger partial charge on any atom is 0.341 e. The first-order valence-corrected chi connectivity index (χ1v) is 20.8. The Balaban J connectivity index is 0.000000244. The molecule has 0 saturated carbocycles. The molecule has 65 heavy (non-hydrogen) atoms. The average Bonchev–Trinajstić information content (AvgIpc) is 3.31. The zero-order chi connectivity index (χ0) is 46.7. The third kappa shape index (κ3) is 14.7.